The predicted octanol–water partition coefficient (Wildman–Crippen LogP) is 6.24. The van der Waals surface area contributed by atoms with E-state index in [4.69, 9.17) is 9.47 Å². The number of ether oxygens (including phenoxy) is 2. The summed E-state index contributed by atoms with van der Waals surface area (Å²) in [6, 6.07) is 7.30. The largest absolute Gasteiger partial charge is 0.495 e. The average molecular weight is 423 g/mol. The standard InChI is InChI=1S/C27H34O4/c1-7-18-31-23-11-9-8-10-21(23)25(30-6)24-22(28)14-17-27(26(24)29,15-12-19(2)3)16-13-20(4)5/h7-13H,1,14-18H2,2-6H3/b25-24+. The molecule has 0 aromatic heterocycles. The van der Waals surface area contributed by atoms with Crippen LogP contribution in [-0.4, -0.2) is 25.3 Å². The summed E-state index contributed by atoms with van der Waals surface area (Å²) < 4.78 is 11.4. The second-order valence-electron chi connectivity index (χ2n) is 8.51. The number of hydrogen-bond acceptors (Lipinski definition) is 4. The normalized spacial score (nSPS) is 16.9. The molecule has 0 aliphatic heterocycles. The first-order chi connectivity index (χ1) is 14.8. The summed E-state index contributed by atoms with van der Waals surface area (Å²) in [5.41, 5.74) is 2.40. The van der Waals surface area contributed by atoms with Gasteiger partial charge < -0.3 is 9.47 Å². The number of methoxy groups -OCH3 is 1. The molecule has 1 saturated carbocycles. The maximum atomic E-state index is 13.9. The van der Waals surface area contributed by atoms with Crippen molar-refractivity contribution in [3.8, 4) is 5.75 Å². The van der Waals surface area contributed by atoms with Gasteiger partial charge in [0.15, 0.2) is 11.6 Å². The van der Waals surface area contributed by atoms with Crippen molar-refractivity contribution in [3.05, 3.63) is 71.4 Å². The fourth-order valence-electron chi connectivity index (χ4n) is 3.76. The van der Waals surface area contributed by atoms with Gasteiger partial charge in [-0.1, -0.05) is 48.1 Å². The lowest BCUT2D eigenvalue weighted by Gasteiger charge is -2.36. The van der Waals surface area contributed by atoms with Crippen molar-refractivity contribution in [2.24, 2.45) is 5.41 Å². The first-order valence-electron chi connectivity index (χ1n) is 10.7. The van der Waals surface area contributed by atoms with Crippen LogP contribution >= 0.6 is 0 Å². The van der Waals surface area contributed by atoms with Crippen molar-refractivity contribution in [1.29, 1.82) is 0 Å². The van der Waals surface area contributed by atoms with Crippen molar-refractivity contribution in [1.82, 2.24) is 0 Å². The maximum Gasteiger partial charge on any atom is 0.176 e. The van der Waals surface area contributed by atoms with Gasteiger partial charge in [-0.15, -0.1) is 0 Å². The zero-order valence-electron chi connectivity index (χ0n) is 19.4. The topological polar surface area (TPSA) is 52.6 Å². The molecule has 0 N–H and O–H groups in total. The second kappa shape index (κ2) is 10.9. The highest BCUT2D eigenvalue weighted by Gasteiger charge is 2.46. The molecule has 0 spiro atoms. The number of Topliss-reactive ketones (excluding diaryl/α,β-unsaturated/α-hetero) is 2. The van der Waals surface area contributed by atoms with E-state index in [1.807, 2.05) is 45.9 Å². The van der Waals surface area contributed by atoms with E-state index in [-0.39, 0.29) is 22.9 Å². The van der Waals surface area contributed by atoms with Crippen molar-refractivity contribution >= 4 is 17.3 Å². The molecule has 0 radical (unpaired) electrons. The lowest BCUT2D eigenvalue weighted by Crippen LogP contribution is -2.39. The van der Waals surface area contributed by atoms with Gasteiger partial charge >= 0.3 is 0 Å². The monoisotopic (exact) mass is 422 g/mol. The van der Waals surface area contributed by atoms with Gasteiger partial charge in [-0.2, -0.15) is 0 Å². The highest BCUT2D eigenvalue weighted by Crippen LogP contribution is 2.44. The summed E-state index contributed by atoms with van der Waals surface area (Å²) in [5.74, 6) is 0.518. The van der Waals surface area contributed by atoms with Crippen molar-refractivity contribution in [3.63, 3.8) is 0 Å². The number of carbonyl (C=O) groups excluding carboxylic acids is 2. The molecule has 0 saturated heterocycles. The van der Waals surface area contributed by atoms with E-state index in [1.165, 1.54) is 7.11 Å². The molecule has 1 aromatic rings. The van der Waals surface area contributed by atoms with Gasteiger partial charge in [0.05, 0.1) is 12.7 Å². The average Bonchev–Trinajstić information content (AvgIpc) is 2.74. The van der Waals surface area contributed by atoms with Gasteiger partial charge in [-0.25, -0.2) is 0 Å². The van der Waals surface area contributed by atoms with Crippen LogP contribution in [0, 0.1) is 5.41 Å². The Balaban J connectivity index is 2.66. The van der Waals surface area contributed by atoms with Gasteiger partial charge in [0.2, 0.25) is 0 Å². The van der Waals surface area contributed by atoms with Crippen LogP contribution in [0.4, 0.5) is 0 Å². The Morgan fingerprint density at radius 1 is 1.06 bits per heavy atom. The first-order valence-corrected chi connectivity index (χ1v) is 10.7. The fraction of sp³-hybridized carbons (Fsp3) is 0.407. The maximum absolute atomic E-state index is 13.9. The second-order valence-corrected chi connectivity index (χ2v) is 8.51. The van der Waals surface area contributed by atoms with Crippen LogP contribution in [0.15, 0.2) is 65.8 Å². The summed E-state index contributed by atoms with van der Waals surface area (Å²) in [4.78, 5) is 26.9. The number of carbonyl (C=O) groups is 2. The third kappa shape index (κ3) is 5.84. The molecule has 0 amide bonds. The minimum Gasteiger partial charge on any atom is -0.495 e. The van der Waals surface area contributed by atoms with Crippen molar-refractivity contribution < 1.29 is 19.1 Å². The Labute approximate surface area is 186 Å². The molecule has 2 rings (SSSR count). The van der Waals surface area contributed by atoms with Crippen LogP contribution in [0.25, 0.3) is 5.76 Å². The zero-order valence-corrected chi connectivity index (χ0v) is 19.4. The molecule has 4 nitrogen and oxygen atoms in total. The Kier molecular flexibility index (Phi) is 8.61. The summed E-state index contributed by atoms with van der Waals surface area (Å²) in [7, 11) is 1.50. The Morgan fingerprint density at radius 3 is 2.23 bits per heavy atom. The van der Waals surface area contributed by atoms with Crippen LogP contribution in [0.3, 0.4) is 0 Å². The van der Waals surface area contributed by atoms with Crippen LogP contribution in [-0.2, 0) is 14.3 Å². The Bertz CT molecular complexity index is 902. The fourth-order valence-corrected chi connectivity index (χ4v) is 3.76. The molecule has 1 aliphatic carbocycles. The highest BCUT2D eigenvalue weighted by atomic mass is 16.5. The van der Waals surface area contributed by atoms with Crippen molar-refractivity contribution in [2.75, 3.05) is 13.7 Å². The molecule has 0 heterocycles. The number of benzene rings is 1. The van der Waals surface area contributed by atoms with Crippen LogP contribution in [0.5, 0.6) is 5.75 Å². The lowest BCUT2D eigenvalue weighted by atomic mass is 9.65. The molecule has 0 bridgehead atoms. The molecule has 0 atom stereocenters. The molecule has 1 fully saturated rings. The zero-order chi connectivity index (χ0) is 23.0. The molecule has 4 heteroatoms. The Morgan fingerprint density at radius 2 is 1.68 bits per heavy atom. The van der Waals surface area contributed by atoms with Gasteiger partial charge in [-0.05, 0) is 59.1 Å². The van der Waals surface area contributed by atoms with E-state index in [1.54, 1.807) is 12.1 Å². The van der Waals surface area contributed by atoms with Crippen LogP contribution in [0.1, 0.15) is 58.9 Å². The molecule has 1 aliphatic rings. The molecule has 31 heavy (non-hydrogen) atoms. The van der Waals surface area contributed by atoms with E-state index in [0.29, 0.717) is 43.6 Å². The van der Waals surface area contributed by atoms with E-state index in [2.05, 4.69) is 18.7 Å². The van der Waals surface area contributed by atoms with Gasteiger partial charge in [0.25, 0.3) is 0 Å². The van der Waals surface area contributed by atoms with Crippen LogP contribution < -0.4 is 4.74 Å². The van der Waals surface area contributed by atoms with E-state index < -0.39 is 5.41 Å². The number of ketones is 2. The molecular weight excluding hydrogens is 388 g/mol. The first kappa shape index (κ1) is 24.4. The lowest BCUT2D eigenvalue weighted by molar-refractivity contribution is -0.131. The summed E-state index contributed by atoms with van der Waals surface area (Å²) in [5, 5.41) is 0. The van der Waals surface area contributed by atoms with Crippen LogP contribution in [0.2, 0.25) is 0 Å². The predicted molar refractivity (Wildman–Crippen MR) is 126 cm³/mol. The van der Waals surface area contributed by atoms with Gasteiger partial charge in [-0.3, -0.25) is 9.59 Å². The summed E-state index contributed by atoms with van der Waals surface area (Å²) in [6.45, 7) is 12.1. The van der Waals surface area contributed by atoms with E-state index in [9.17, 15) is 9.59 Å². The summed E-state index contributed by atoms with van der Waals surface area (Å²) in [6.07, 6.45) is 7.89. The molecular formula is C27H34O4. The number of allylic oxidation sites excluding steroid dienone is 5. The van der Waals surface area contributed by atoms with Crippen molar-refractivity contribution in [2.45, 2.75) is 53.4 Å². The Hall–Kier alpha value is -2.88. The highest BCUT2D eigenvalue weighted by molar-refractivity contribution is 6.28. The number of para-hydroxylation sites is 1. The van der Waals surface area contributed by atoms with E-state index >= 15 is 0 Å². The third-order valence-corrected chi connectivity index (χ3v) is 5.54. The van der Waals surface area contributed by atoms with Gasteiger partial charge in [0, 0.05) is 11.8 Å². The number of hydrogen-bond donors (Lipinski definition) is 0. The van der Waals surface area contributed by atoms with Gasteiger partial charge in [0.1, 0.15) is 23.7 Å². The smallest absolute Gasteiger partial charge is 0.176 e. The SMILES string of the molecule is C=CCOc1ccccc1/C(OC)=C1/C(=O)CCC(CC=C(C)C)(CC=C(C)C)C1=O. The number of rotatable bonds is 9. The quantitative estimate of drug-likeness (QED) is 0.205. The summed E-state index contributed by atoms with van der Waals surface area (Å²) >= 11 is 0. The minimum absolute atomic E-state index is 0.144. The molecule has 1 aromatic carbocycles. The molecule has 166 valence electrons. The van der Waals surface area contributed by atoms with E-state index in [0.717, 1.165) is 11.1 Å². The minimum atomic E-state index is -0.654. The third-order valence-electron chi connectivity index (χ3n) is 5.54. The molecule has 0 unspecified atom stereocenters.